The molecule has 6 heteroatoms. The standard InChI is InChI=1S/C18H22N6/c1-22-13-16(11-19-22)15-7-9-23(10-8-15)14-17-12-20-24(21-17)18-5-3-2-4-6-18/h2-6,11-13,15H,7-10,14H2,1H3. The lowest BCUT2D eigenvalue weighted by molar-refractivity contribution is 0.202. The third kappa shape index (κ3) is 3.23. The van der Waals surface area contributed by atoms with Crippen LogP contribution in [0, 0.1) is 0 Å². The lowest BCUT2D eigenvalue weighted by Crippen LogP contribution is -2.32. The molecule has 1 aliphatic heterocycles. The highest BCUT2D eigenvalue weighted by Crippen LogP contribution is 2.28. The minimum Gasteiger partial charge on any atom is -0.297 e. The van der Waals surface area contributed by atoms with Crippen molar-refractivity contribution in [1.29, 1.82) is 0 Å². The summed E-state index contributed by atoms with van der Waals surface area (Å²) in [5.41, 5.74) is 3.39. The lowest BCUT2D eigenvalue weighted by atomic mass is 9.91. The molecule has 6 nitrogen and oxygen atoms in total. The molecule has 124 valence electrons. The summed E-state index contributed by atoms with van der Waals surface area (Å²) in [6, 6.07) is 10.0. The van der Waals surface area contributed by atoms with Gasteiger partial charge in [-0.15, -0.1) is 0 Å². The first-order valence-electron chi connectivity index (χ1n) is 8.45. The Morgan fingerprint density at radius 3 is 2.54 bits per heavy atom. The van der Waals surface area contributed by atoms with Crippen LogP contribution in [-0.4, -0.2) is 42.8 Å². The first-order chi connectivity index (χ1) is 11.8. The molecule has 0 radical (unpaired) electrons. The molecule has 1 aromatic carbocycles. The van der Waals surface area contributed by atoms with E-state index in [1.165, 1.54) is 18.4 Å². The summed E-state index contributed by atoms with van der Waals surface area (Å²) in [6.07, 6.45) is 8.38. The Morgan fingerprint density at radius 2 is 1.83 bits per heavy atom. The van der Waals surface area contributed by atoms with E-state index in [9.17, 15) is 0 Å². The number of aromatic nitrogens is 5. The molecule has 0 bridgehead atoms. The molecule has 2 aromatic heterocycles. The van der Waals surface area contributed by atoms with Gasteiger partial charge in [0.25, 0.3) is 0 Å². The minimum absolute atomic E-state index is 0.634. The molecule has 1 saturated heterocycles. The van der Waals surface area contributed by atoms with Gasteiger partial charge in [0, 0.05) is 19.8 Å². The summed E-state index contributed by atoms with van der Waals surface area (Å²) in [6.45, 7) is 3.06. The van der Waals surface area contributed by atoms with E-state index in [-0.39, 0.29) is 0 Å². The van der Waals surface area contributed by atoms with Gasteiger partial charge in [0.2, 0.25) is 0 Å². The van der Waals surface area contributed by atoms with Crippen molar-refractivity contribution in [2.45, 2.75) is 25.3 Å². The third-order valence-corrected chi connectivity index (χ3v) is 4.70. The molecule has 0 spiro atoms. The van der Waals surface area contributed by atoms with Gasteiger partial charge < -0.3 is 0 Å². The molecule has 0 N–H and O–H groups in total. The van der Waals surface area contributed by atoms with Gasteiger partial charge >= 0.3 is 0 Å². The molecule has 0 saturated carbocycles. The summed E-state index contributed by atoms with van der Waals surface area (Å²) >= 11 is 0. The molecule has 0 amide bonds. The normalized spacial score (nSPS) is 16.5. The smallest absolute Gasteiger partial charge is 0.0971 e. The molecule has 24 heavy (non-hydrogen) atoms. The van der Waals surface area contributed by atoms with Crippen LogP contribution in [0.2, 0.25) is 0 Å². The first-order valence-corrected chi connectivity index (χ1v) is 8.45. The first kappa shape index (κ1) is 15.1. The molecule has 4 rings (SSSR count). The van der Waals surface area contributed by atoms with Crippen LogP contribution in [0.3, 0.4) is 0 Å². The van der Waals surface area contributed by atoms with Gasteiger partial charge in [-0.05, 0) is 49.5 Å². The van der Waals surface area contributed by atoms with E-state index >= 15 is 0 Å². The Hall–Kier alpha value is -2.47. The van der Waals surface area contributed by atoms with E-state index < -0.39 is 0 Å². The number of nitrogens with zero attached hydrogens (tertiary/aromatic N) is 6. The quantitative estimate of drug-likeness (QED) is 0.740. The van der Waals surface area contributed by atoms with Crippen LogP contribution in [0.4, 0.5) is 0 Å². The monoisotopic (exact) mass is 322 g/mol. The number of hydrogen-bond donors (Lipinski definition) is 0. The van der Waals surface area contributed by atoms with Crippen molar-refractivity contribution >= 4 is 0 Å². The second kappa shape index (κ2) is 6.57. The Bertz CT molecular complexity index is 783. The van der Waals surface area contributed by atoms with Crippen LogP contribution in [0.1, 0.15) is 30.0 Å². The molecule has 0 unspecified atom stereocenters. The van der Waals surface area contributed by atoms with Gasteiger partial charge in [0.05, 0.1) is 23.8 Å². The van der Waals surface area contributed by atoms with Crippen molar-refractivity contribution in [2.24, 2.45) is 7.05 Å². The van der Waals surface area contributed by atoms with Gasteiger partial charge in [0.15, 0.2) is 0 Å². The SMILES string of the molecule is Cn1cc(C2CCN(Cc3cnn(-c4ccccc4)n3)CC2)cn1. The minimum atomic E-state index is 0.634. The molecule has 0 aliphatic carbocycles. The van der Waals surface area contributed by atoms with Crippen LogP contribution < -0.4 is 0 Å². The topological polar surface area (TPSA) is 51.8 Å². The predicted octanol–water partition coefficient (Wildman–Crippen LogP) is 2.38. The van der Waals surface area contributed by atoms with E-state index in [1.54, 1.807) is 4.80 Å². The molecule has 3 heterocycles. The van der Waals surface area contributed by atoms with E-state index in [0.29, 0.717) is 5.92 Å². The Labute approximate surface area is 141 Å². The predicted molar refractivity (Wildman–Crippen MR) is 91.8 cm³/mol. The fraction of sp³-hybridized carbons (Fsp3) is 0.389. The second-order valence-electron chi connectivity index (χ2n) is 6.46. The van der Waals surface area contributed by atoms with Crippen molar-refractivity contribution in [2.75, 3.05) is 13.1 Å². The number of aryl methyl sites for hydroxylation is 1. The average Bonchev–Trinajstić information content (AvgIpc) is 3.26. The van der Waals surface area contributed by atoms with E-state index in [4.69, 9.17) is 0 Å². The van der Waals surface area contributed by atoms with Crippen molar-refractivity contribution in [1.82, 2.24) is 29.7 Å². The number of para-hydroxylation sites is 1. The van der Waals surface area contributed by atoms with Crippen LogP contribution in [0.15, 0.2) is 48.9 Å². The van der Waals surface area contributed by atoms with Gasteiger partial charge in [-0.25, -0.2) is 0 Å². The molecule has 0 atom stereocenters. The fourth-order valence-corrected chi connectivity index (χ4v) is 3.36. The number of rotatable bonds is 4. The maximum Gasteiger partial charge on any atom is 0.0971 e. The largest absolute Gasteiger partial charge is 0.297 e. The zero-order chi connectivity index (χ0) is 16.4. The number of likely N-dealkylation sites (tertiary alicyclic amines) is 1. The summed E-state index contributed by atoms with van der Waals surface area (Å²) in [5, 5.41) is 13.3. The molecular formula is C18H22N6. The highest BCUT2D eigenvalue weighted by molar-refractivity contribution is 5.28. The maximum atomic E-state index is 4.61. The van der Waals surface area contributed by atoms with Crippen LogP contribution in [0.5, 0.6) is 0 Å². The maximum absolute atomic E-state index is 4.61. The highest BCUT2D eigenvalue weighted by Gasteiger charge is 2.22. The van der Waals surface area contributed by atoms with E-state index in [2.05, 4.69) is 26.4 Å². The van der Waals surface area contributed by atoms with Crippen LogP contribution in [-0.2, 0) is 13.6 Å². The van der Waals surface area contributed by atoms with Crippen molar-refractivity contribution < 1.29 is 0 Å². The van der Waals surface area contributed by atoms with Crippen LogP contribution >= 0.6 is 0 Å². The van der Waals surface area contributed by atoms with Crippen molar-refractivity contribution in [3.8, 4) is 5.69 Å². The fourth-order valence-electron chi connectivity index (χ4n) is 3.36. The van der Waals surface area contributed by atoms with Gasteiger partial charge in [-0.2, -0.15) is 20.1 Å². The number of benzene rings is 1. The Kier molecular flexibility index (Phi) is 4.13. The van der Waals surface area contributed by atoms with Gasteiger partial charge in [-0.1, -0.05) is 18.2 Å². The number of hydrogen-bond acceptors (Lipinski definition) is 4. The summed E-state index contributed by atoms with van der Waals surface area (Å²) in [5.74, 6) is 0.634. The highest BCUT2D eigenvalue weighted by atomic mass is 15.5. The van der Waals surface area contributed by atoms with Crippen LogP contribution in [0.25, 0.3) is 5.69 Å². The average molecular weight is 322 g/mol. The van der Waals surface area contributed by atoms with Gasteiger partial charge in [0.1, 0.15) is 0 Å². The van der Waals surface area contributed by atoms with Crippen molar-refractivity contribution in [3.63, 3.8) is 0 Å². The zero-order valence-corrected chi connectivity index (χ0v) is 13.9. The molecular weight excluding hydrogens is 300 g/mol. The number of piperidine rings is 1. The van der Waals surface area contributed by atoms with Gasteiger partial charge in [-0.3, -0.25) is 9.58 Å². The zero-order valence-electron chi connectivity index (χ0n) is 13.9. The lowest BCUT2D eigenvalue weighted by Gasteiger charge is -2.30. The third-order valence-electron chi connectivity index (χ3n) is 4.70. The summed E-state index contributed by atoms with van der Waals surface area (Å²) in [7, 11) is 1.98. The summed E-state index contributed by atoms with van der Waals surface area (Å²) in [4.78, 5) is 4.17. The summed E-state index contributed by atoms with van der Waals surface area (Å²) < 4.78 is 1.89. The molecule has 1 aliphatic rings. The van der Waals surface area contributed by atoms with Crippen molar-refractivity contribution in [3.05, 3.63) is 60.2 Å². The Morgan fingerprint density at radius 1 is 1.04 bits per heavy atom. The molecule has 1 fully saturated rings. The molecule has 3 aromatic rings. The Balaban J connectivity index is 1.35. The second-order valence-corrected chi connectivity index (χ2v) is 6.46. The van der Waals surface area contributed by atoms with E-state index in [0.717, 1.165) is 31.0 Å². The van der Waals surface area contributed by atoms with E-state index in [1.807, 2.05) is 54.5 Å².